The van der Waals surface area contributed by atoms with Crippen molar-refractivity contribution in [3.8, 4) is 11.4 Å². The van der Waals surface area contributed by atoms with Crippen LogP contribution in [0.4, 0.5) is 5.82 Å². The molecule has 0 aliphatic heterocycles. The van der Waals surface area contributed by atoms with Gasteiger partial charge in [-0.1, -0.05) is 29.8 Å². The molecule has 4 heteroatoms. The summed E-state index contributed by atoms with van der Waals surface area (Å²) in [6.07, 6.45) is 0. The second kappa shape index (κ2) is 4.90. The quantitative estimate of drug-likeness (QED) is 0.551. The van der Waals surface area contributed by atoms with Gasteiger partial charge in [0.1, 0.15) is 0 Å². The van der Waals surface area contributed by atoms with E-state index in [0.29, 0.717) is 11.6 Å². The number of hydrogen-bond acceptors (Lipinski definition) is 4. The lowest BCUT2D eigenvalue weighted by molar-refractivity contribution is 1.18. The first-order valence-electron chi connectivity index (χ1n) is 6.50. The fraction of sp³-hybridized carbons (Fsp3) is 0.125. The van der Waals surface area contributed by atoms with Gasteiger partial charge in [-0.2, -0.15) is 0 Å². The lowest BCUT2D eigenvalue weighted by Crippen LogP contribution is -2.10. The van der Waals surface area contributed by atoms with Crippen LogP contribution in [-0.2, 0) is 0 Å². The van der Waals surface area contributed by atoms with Gasteiger partial charge in [-0.05, 0) is 37.6 Å². The van der Waals surface area contributed by atoms with Crippen LogP contribution < -0.4 is 11.3 Å². The number of rotatable bonds is 2. The summed E-state index contributed by atoms with van der Waals surface area (Å²) < 4.78 is 0. The summed E-state index contributed by atoms with van der Waals surface area (Å²) in [4.78, 5) is 9.19. The van der Waals surface area contributed by atoms with Crippen LogP contribution in [0.1, 0.15) is 11.1 Å². The summed E-state index contributed by atoms with van der Waals surface area (Å²) in [7, 11) is 0. The van der Waals surface area contributed by atoms with Crippen LogP contribution in [0.3, 0.4) is 0 Å². The summed E-state index contributed by atoms with van der Waals surface area (Å²) >= 11 is 0. The Labute approximate surface area is 117 Å². The molecule has 0 fully saturated rings. The number of nitrogen functional groups attached to an aromatic ring is 1. The average Bonchev–Trinajstić information content (AvgIpc) is 2.48. The Kier molecular flexibility index (Phi) is 3.08. The van der Waals surface area contributed by atoms with Crippen LogP contribution >= 0.6 is 0 Å². The van der Waals surface area contributed by atoms with Crippen LogP contribution in [-0.4, -0.2) is 9.97 Å². The van der Waals surface area contributed by atoms with Crippen molar-refractivity contribution in [2.24, 2.45) is 5.84 Å². The molecule has 100 valence electrons. The Morgan fingerprint density at radius 1 is 1.00 bits per heavy atom. The lowest BCUT2D eigenvalue weighted by Gasteiger charge is -2.10. The van der Waals surface area contributed by atoms with E-state index in [-0.39, 0.29) is 0 Å². The summed E-state index contributed by atoms with van der Waals surface area (Å²) in [5.41, 5.74) is 6.91. The number of hydrogen-bond donors (Lipinski definition) is 2. The summed E-state index contributed by atoms with van der Waals surface area (Å²) in [6.45, 7) is 4.12. The number of benzene rings is 2. The maximum atomic E-state index is 5.59. The van der Waals surface area contributed by atoms with Gasteiger partial charge in [-0.25, -0.2) is 15.8 Å². The minimum Gasteiger partial charge on any atom is -0.308 e. The van der Waals surface area contributed by atoms with E-state index in [1.165, 1.54) is 5.56 Å². The van der Waals surface area contributed by atoms with Crippen LogP contribution in [0.15, 0.2) is 42.5 Å². The molecule has 20 heavy (non-hydrogen) atoms. The molecule has 3 aromatic rings. The van der Waals surface area contributed by atoms with Crippen molar-refractivity contribution in [1.29, 1.82) is 0 Å². The predicted octanol–water partition coefficient (Wildman–Crippen LogP) is 3.20. The Morgan fingerprint density at radius 2 is 1.80 bits per heavy atom. The first-order chi connectivity index (χ1) is 9.69. The highest BCUT2D eigenvalue weighted by Crippen LogP contribution is 2.26. The SMILES string of the molecule is Cc1ccc(C)c(-c2nc(NN)c3ccccc3n2)c1. The molecule has 0 atom stereocenters. The molecule has 1 aromatic heterocycles. The zero-order valence-corrected chi connectivity index (χ0v) is 11.5. The van der Waals surface area contributed by atoms with Gasteiger partial charge in [-0.3, -0.25) is 0 Å². The van der Waals surface area contributed by atoms with E-state index in [2.05, 4.69) is 47.4 Å². The highest BCUT2D eigenvalue weighted by Gasteiger charge is 2.10. The van der Waals surface area contributed by atoms with E-state index in [1.54, 1.807) is 0 Å². The van der Waals surface area contributed by atoms with Gasteiger partial charge in [0.25, 0.3) is 0 Å². The van der Waals surface area contributed by atoms with Gasteiger partial charge in [0.2, 0.25) is 0 Å². The van der Waals surface area contributed by atoms with E-state index in [4.69, 9.17) is 5.84 Å². The predicted molar refractivity (Wildman–Crippen MR) is 82.3 cm³/mol. The molecule has 0 aliphatic rings. The smallest absolute Gasteiger partial charge is 0.162 e. The number of aryl methyl sites for hydroxylation is 2. The van der Waals surface area contributed by atoms with E-state index >= 15 is 0 Å². The molecule has 2 aromatic carbocycles. The van der Waals surface area contributed by atoms with Gasteiger partial charge >= 0.3 is 0 Å². The molecule has 0 saturated heterocycles. The zero-order valence-electron chi connectivity index (χ0n) is 11.5. The third-order valence-corrected chi connectivity index (χ3v) is 3.37. The van der Waals surface area contributed by atoms with Crippen LogP contribution in [0.2, 0.25) is 0 Å². The molecule has 0 spiro atoms. The maximum Gasteiger partial charge on any atom is 0.162 e. The van der Waals surface area contributed by atoms with Gasteiger partial charge in [0, 0.05) is 10.9 Å². The number of anilines is 1. The molecular formula is C16H16N4. The van der Waals surface area contributed by atoms with Crippen molar-refractivity contribution < 1.29 is 0 Å². The molecule has 0 bridgehead atoms. The normalized spacial score (nSPS) is 10.8. The molecule has 0 unspecified atom stereocenters. The number of nitrogens with zero attached hydrogens (tertiary/aromatic N) is 2. The van der Waals surface area contributed by atoms with Crippen molar-refractivity contribution in [1.82, 2.24) is 9.97 Å². The Morgan fingerprint density at radius 3 is 2.60 bits per heavy atom. The monoisotopic (exact) mass is 264 g/mol. The van der Waals surface area contributed by atoms with Crippen LogP contribution in [0, 0.1) is 13.8 Å². The molecular weight excluding hydrogens is 248 g/mol. The first-order valence-corrected chi connectivity index (χ1v) is 6.50. The van der Waals surface area contributed by atoms with Crippen molar-refractivity contribution in [3.05, 3.63) is 53.6 Å². The van der Waals surface area contributed by atoms with Gasteiger partial charge in [0.15, 0.2) is 11.6 Å². The van der Waals surface area contributed by atoms with Crippen molar-refractivity contribution >= 4 is 16.7 Å². The highest BCUT2D eigenvalue weighted by atomic mass is 15.3. The van der Waals surface area contributed by atoms with Crippen LogP contribution in [0.25, 0.3) is 22.3 Å². The Bertz CT molecular complexity index is 781. The molecule has 3 N–H and O–H groups in total. The summed E-state index contributed by atoms with van der Waals surface area (Å²) in [6, 6.07) is 14.1. The number of hydrazine groups is 1. The number of nitrogens with one attached hydrogen (secondary N) is 1. The number of nitrogens with two attached hydrogens (primary N) is 1. The molecule has 1 heterocycles. The molecule has 0 saturated carbocycles. The minimum atomic E-state index is 0.645. The lowest BCUT2D eigenvalue weighted by atomic mass is 10.0. The summed E-state index contributed by atoms with van der Waals surface area (Å²) in [5, 5.41) is 0.920. The van der Waals surface area contributed by atoms with E-state index in [1.807, 2.05) is 24.3 Å². The number of aromatic nitrogens is 2. The van der Waals surface area contributed by atoms with Crippen molar-refractivity contribution in [3.63, 3.8) is 0 Å². The topological polar surface area (TPSA) is 63.8 Å². The standard InChI is InChI=1S/C16H16N4/c1-10-7-8-11(2)13(9-10)15-18-14-6-4-3-5-12(14)16(19-15)20-17/h3-9H,17H2,1-2H3,(H,18,19,20). The van der Waals surface area contributed by atoms with E-state index in [9.17, 15) is 0 Å². The molecule has 0 aliphatic carbocycles. The summed E-state index contributed by atoms with van der Waals surface area (Å²) in [5.74, 6) is 6.93. The van der Waals surface area contributed by atoms with Crippen molar-refractivity contribution in [2.45, 2.75) is 13.8 Å². The number of fused-ring (bicyclic) bond motifs is 1. The Balaban J connectivity index is 2.29. The van der Waals surface area contributed by atoms with E-state index in [0.717, 1.165) is 22.0 Å². The fourth-order valence-electron chi connectivity index (χ4n) is 2.28. The van der Waals surface area contributed by atoms with Gasteiger partial charge in [-0.15, -0.1) is 0 Å². The maximum absolute atomic E-state index is 5.59. The molecule has 0 amide bonds. The third kappa shape index (κ3) is 2.10. The third-order valence-electron chi connectivity index (χ3n) is 3.37. The minimum absolute atomic E-state index is 0.645. The largest absolute Gasteiger partial charge is 0.308 e. The molecule has 3 rings (SSSR count). The fourth-order valence-corrected chi connectivity index (χ4v) is 2.28. The number of para-hydroxylation sites is 1. The van der Waals surface area contributed by atoms with Gasteiger partial charge in [0.05, 0.1) is 5.52 Å². The highest BCUT2D eigenvalue weighted by molar-refractivity contribution is 5.90. The zero-order chi connectivity index (χ0) is 14.1. The van der Waals surface area contributed by atoms with Crippen LogP contribution in [0.5, 0.6) is 0 Å². The Hall–Kier alpha value is -2.46. The molecule has 4 nitrogen and oxygen atoms in total. The first kappa shape index (κ1) is 12.6. The van der Waals surface area contributed by atoms with Crippen molar-refractivity contribution in [2.75, 3.05) is 5.43 Å². The molecule has 0 radical (unpaired) electrons. The van der Waals surface area contributed by atoms with Gasteiger partial charge < -0.3 is 5.43 Å². The average molecular weight is 264 g/mol. The second-order valence-electron chi connectivity index (χ2n) is 4.88. The van der Waals surface area contributed by atoms with E-state index < -0.39 is 0 Å². The second-order valence-corrected chi connectivity index (χ2v) is 4.88.